The lowest BCUT2D eigenvalue weighted by Gasteiger charge is -2.20. The zero-order valence-corrected chi connectivity index (χ0v) is 12.0. The SMILES string of the molecule is O=C(/C=C/c1cccnc1)NCc1cccc2c1OCCO2. The first-order chi connectivity index (χ1) is 10.8. The van der Waals surface area contributed by atoms with E-state index in [1.165, 1.54) is 6.08 Å². The van der Waals surface area contributed by atoms with Gasteiger partial charge in [-0.2, -0.15) is 0 Å². The average Bonchev–Trinajstić information content (AvgIpc) is 2.59. The molecule has 1 aromatic carbocycles. The summed E-state index contributed by atoms with van der Waals surface area (Å²) in [6.45, 7) is 1.47. The molecule has 0 bridgehead atoms. The molecule has 1 aliphatic rings. The van der Waals surface area contributed by atoms with E-state index in [1.54, 1.807) is 18.5 Å². The van der Waals surface area contributed by atoms with Crippen LogP contribution in [0.4, 0.5) is 0 Å². The van der Waals surface area contributed by atoms with Crippen LogP contribution >= 0.6 is 0 Å². The number of rotatable bonds is 4. The number of fused-ring (bicyclic) bond motifs is 1. The van der Waals surface area contributed by atoms with Crippen molar-refractivity contribution < 1.29 is 14.3 Å². The van der Waals surface area contributed by atoms with Gasteiger partial charge in [-0.3, -0.25) is 9.78 Å². The summed E-state index contributed by atoms with van der Waals surface area (Å²) in [4.78, 5) is 15.9. The number of carbonyl (C=O) groups excluding carboxylic acids is 1. The molecule has 1 aromatic heterocycles. The van der Waals surface area contributed by atoms with Crippen LogP contribution in [0.2, 0.25) is 0 Å². The lowest BCUT2D eigenvalue weighted by molar-refractivity contribution is -0.116. The van der Waals surface area contributed by atoms with Gasteiger partial charge in [0.2, 0.25) is 5.91 Å². The lowest BCUT2D eigenvalue weighted by Crippen LogP contribution is -2.22. The number of ether oxygens (including phenoxy) is 2. The Bertz CT molecular complexity index is 684. The van der Waals surface area contributed by atoms with Crippen LogP contribution in [0.3, 0.4) is 0 Å². The molecule has 5 heteroatoms. The smallest absolute Gasteiger partial charge is 0.244 e. The number of hydrogen-bond donors (Lipinski definition) is 1. The van der Waals surface area contributed by atoms with Crippen LogP contribution in [-0.4, -0.2) is 24.1 Å². The van der Waals surface area contributed by atoms with E-state index in [2.05, 4.69) is 10.3 Å². The first kappa shape index (κ1) is 14.1. The molecule has 1 amide bonds. The fourth-order valence-corrected chi connectivity index (χ4v) is 2.16. The summed E-state index contributed by atoms with van der Waals surface area (Å²) in [5.41, 5.74) is 1.78. The van der Waals surface area contributed by atoms with Gasteiger partial charge in [-0.25, -0.2) is 0 Å². The Balaban J connectivity index is 1.61. The average molecular weight is 296 g/mol. The van der Waals surface area contributed by atoms with E-state index in [-0.39, 0.29) is 5.91 Å². The van der Waals surface area contributed by atoms with E-state index >= 15 is 0 Å². The second-order valence-corrected chi connectivity index (χ2v) is 4.78. The van der Waals surface area contributed by atoms with Gasteiger partial charge in [0.25, 0.3) is 0 Å². The molecule has 0 aliphatic carbocycles. The second kappa shape index (κ2) is 6.76. The summed E-state index contributed by atoms with van der Waals surface area (Å²) in [5.74, 6) is 1.27. The van der Waals surface area contributed by atoms with Crippen LogP contribution in [0.15, 0.2) is 48.8 Å². The largest absolute Gasteiger partial charge is 0.486 e. The van der Waals surface area contributed by atoms with Crippen molar-refractivity contribution in [3.05, 3.63) is 59.9 Å². The molecule has 0 atom stereocenters. The van der Waals surface area contributed by atoms with Gasteiger partial charge in [0.15, 0.2) is 11.5 Å². The Hall–Kier alpha value is -2.82. The maximum absolute atomic E-state index is 11.9. The van der Waals surface area contributed by atoms with E-state index in [4.69, 9.17) is 9.47 Å². The summed E-state index contributed by atoms with van der Waals surface area (Å²) >= 11 is 0. The number of nitrogens with zero attached hydrogens (tertiary/aromatic N) is 1. The van der Waals surface area contributed by atoms with Crippen LogP contribution in [0.5, 0.6) is 11.5 Å². The molecule has 112 valence electrons. The monoisotopic (exact) mass is 296 g/mol. The summed E-state index contributed by atoms with van der Waals surface area (Å²) < 4.78 is 11.1. The first-order valence-electron chi connectivity index (χ1n) is 7.06. The van der Waals surface area contributed by atoms with Crippen LogP contribution in [0, 0.1) is 0 Å². The molecule has 1 N–H and O–H groups in total. The van der Waals surface area contributed by atoms with E-state index in [9.17, 15) is 4.79 Å². The van der Waals surface area contributed by atoms with E-state index in [1.807, 2.05) is 30.3 Å². The highest BCUT2D eigenvalue weighted by atomic mass is 16.6. The number of para-hydroxylation sites is 1. The van der Waals surface area contributed by atoms with Crippen LogP contribution < -0.4 is 14.8 Å². The molecule has 0 spiro atoms. The van der Waals surface area contributed by atoms with Crippen molar-refractivity contribution in [3.63, 3.8) is 0 Å². The molecule has 0 saturated carbocycles. The highest BCUT2D eigenvalue weighted by molar-refractivity contribution is 5.91. The van der Waals surface area contributed by atoms with Crippen molar-refractivity contribution in [2.24, 2.45) is 0 Å². The number of pyridine rings is 1. The van der Waals surface area contributed by atoms with Gasteiger partial charge in [0.1, 0.15) is 13.2 Å². The highest BCUT2D eigenvalue weighted by Crippen LogP contribution is 2.33. The standard InChI is InChI=1S/C17H16N2O3/c20-16(7-6-13-3-2-8-18-11-13)19-12-14-4-1-5-15-17(14)22-10-9-21-15/h1-8,11H,9-10,12H2,(H,19,20)/b7-6+. The minimum atomic E-state index is -0.168. The zero-order chi connectivity index (χ0) is 15.2. The van der Waals surface area contributed by atoms with Crippen molar-refractivity contribution in [2.45, 2.75) is 6.54 Å². The van der Waals surface area contributed by atoms with Crippen LogP contribution in [0.25, 0.3) is 6.08 Å². The van der Waals surface area contributed by atoms with Gasteiger partial charge in [-0.15, -0.1) is 0 Å². The van der Waals surface area contributed by atoms with Gasteiger partial charge in [-0.05, 0) is 23.8 Å². The molecular formula is C17H16N2O3. The number of amides is 1. The van der Waals surface area contributed by atoms with Gasteiger partial charge in [-0.1, -0.05) is 18.2 Å². The van der Waals surface area contributed by atoms with Gasteiger partial charge in [0.05, 0.1) is 0 Å². The third-order valence-corrected chi connectivity index (χ3v) is 3.21. The molecule has 0 fully saturated rings. The molecule has 0 radical (unpaired) electrons. The van der Waals surface area contributed by atoms with Crippen molar-refractivity contribution >= 4 is 12.0 Å². The number of nitrogens with one attached hydrogen (secondary N) is 1. The fraction of sp³-hybridized carbons (Fsp3) is 0.176. The Morgan fingerprint density at radius 3 is 3.00 bits per heavy atom. The minimum Gasteiger partial charge on any atom is -0.486 e. The van der Waals surface area contributed by atoms with E-state index in [0.717, 1.165) is 16.9 Å². The summed E-state index contributed by atoms with van der Waals surface area (Å²) in [6, 6.07) is 9.38. The van der Waals surface area contributed by atoms with Crippen molar-refractivity contribution in [3.8, 4) is 11.5 Å². The molecule has 5 nitrogen and oxygen atoms in total. The van der Waals surface area contributed by atoms with Crippen LogP contribution in [-0.2, 0) is 11.3 Å². The lowest BCUT2D eigenvalue weighted by atomic mass is 10.1. The third-order valence-electron chi connectivity index (χ3n) is 3.21. The highest BCUT2D eigenvalue weighted by Gasteiger charge is 2.15. The van der Waals surface area contributed by atoms with E-state index in [0.29, 0.717) is 25.5 Å². The number of aromatic nitrogens is 1. The predicted octanol–water partition coefficient (Wildman–Crippen LogP) is 2.18. The summed E-state index contributed by atoms with van der Waals surface area (Å²) in [7, 11) is 0. The molecule has 0 unspecified atom stereocenters. The van der Waals surface area contributed by atoms with E-state index < -0.39 is 0 Å². The minimum absolute atomic E-state index is 0.168. The predicted molar refractivity (Wildman–Crippen MR) is 82.5 cm³/mol. The molecule has 1 aliphatic heterocycles. The first-order valence-corrected chi connectivity index (χ1v) is 7.06. The zero-order valence-electron chi connectivity index (χ0n) is 12.0. The molecule has 0 saturated heterocycles. The quantitative estimate of drug-likeness (QED) is 0.879. The normalized spacial score (nSPS) is 13.1. The molecule has 22 heavy (non-hydrogen) atoms. The molecule has 2 aromatic rings. The van der Waals surface area contributed by atoms with Crippen molar-refractivity contribution in [1.82, 2.24) is 10.3 Å². The maximum Gasteiger partial charge on any atom is 0.244 e. The Morgan fingerprint density at radius 1 is 1.23 bits per heavy atom. The topological polar surface area (TPSA) is 60.5 Å². The van der Waals surface area contributed by atoms with Gasteiger partial charge >= 0.3 is 0 Å². The number of benzene rings is 1. The Morgan fingerprint density at radius 2 is 2.14 bits per heavy atom. The van der Waals surface area contributed by atoms with Crippen molar-refractivity contribution in [1.29, 1.82) is 0 Å². The Kier molecular flexibility index (Phi) is 4.34. The summed E-state index contributed by atoms with van der Waals surface area (Å²) in [6.07, 6.45) is 6.60. The van der Waals surface area contributed by atoms with Crippen LogP contribution in [0.1, 0.15) is 11.1 Å². The number of carbonyl (C=O) groups is 1. The Labute approximate surface area is 128 Å². The van der Waals surface area contributed by atoms with Crippen molar-refractivity contribution in [2.75, 3.05) is 13.2 Å². The molecule has 3 rings (SSSR count). The third kappa shape index (κ3) is 3.44. The molecular weight excluding hydrogens is 280 g/mol. The number of hydrogen-bond acceptors (Lipinski definition) is 4. The summed E-state index contributed by atoms with van der Waals surface area (Å²) in [5, 5.41) is 2.84. The maximum atomic E-state index is 11.9. The second-order valence-electron chi connectivity index (χ2n) is 4.78. The fourth-order valence-electron chi connectivity index (χ4n) is 2.16. The van der Waals surface area contributed by atoms with Gasteiger partial charge in [0, 0.05) is 30.6 Å². The molecule has 2 heterocycles. The van der Waals surface area contributed by atoms with Gasteiger partial charge < -0.3 is 14.8 Å².